The summed E-state index contributed by atoms with van der Waals surface area (Å²) in [7, 11) is -2.58. The molecule has 0 aliphatic carbocycles. The molecule has 1 heterocycles. The molecule has 0 saturated carbocycles. The maximum atomic E-state index is 13.1. The average Bonchev–Trinajstić information content (AvgIpc) is 3.28. The third-order valence-corrected chi connectivity index (χ3v) is 7.33. The second-order valence-corrected chi connectivity index (χ2v) is 9.30. The fourth-order valence-electron chi connectivity index (χ4n) is 2.66. The Kier molecular flexibility index (Phi) is 6.56. The first-order valence-electron chi connectivity index (χ1n) is 8.78. The molecule has 164 valence electrons. The number of ether oxygens (including phenoxy) is 1. The van der Waals surface area contributed by atoms with E-state index in [1.54, 1.807) is 23.6 Å². The predicted molar refractivity (Wildman–Crippen MR) is 112 cm³/mol. The number of benzene rings is 2. The Morgan fingerprint density at radius 1 is 1.06 bits per heavy atom. The number of rotatable bonds is 7. The number of anilines is 2. The number of sulfonamides is 1. The SMILES string of the molecule is COc1ccc(N(CC(=O)Nc2ccc(C(F)(F)F)cc2)S(=O)(=O)c2cccs2)cc1. The van der Waals surface area contributed by atoms with Crippen LogP contribution in [0.5, 0.6) is 5.75 Å². The molecular formula is C20H17F3N2O4S2. The normalized spacial score (nSPS) is 11.7. The molecule has 0 bridgehead atoms. The minimum atomic E-state index is -4.50. The Morgan fingerprint density at radius 3 is 2.23 bits per heavy atom. The molecule has 2 aromatic carbocycles. The number of methoxy groups -OCH3 is 1. The Balaban J connectivity index is 1.85. The zero-order chi connectivity index (χ0) is 22.6. The summed E-state index contributed by atoms with van der Waals surface area (Å²) < 4.78 is 70.3. The van der Waals surface area contributed by atoms with Gasteiger partial charge >= 0.3 is 6.18 Å². The first-order chi connectivity index (χ1) is 14.6. The van der Waals surface area contributed by atoms with Crippen LogP contribution in [0.4, 0.5) is 24.5 Å². The van der Waals surface area contributed by atoms with E-state index < -0.39 is 34.2 Å². The molecule has 11 heteroatoms. The summed E-state index contributed by atoms with van der Waals surface area (Å²) in [5.41, 5.74) is -0.511. The lowest BCUT2D eigenvalue weighted by Crippen LogP contribution is -2.37. The monoisotopic (exact) mass is 470 g/mol. The molecule has 0 atom stereocenters. The van der Waals surface area contributed by atoms with E-state index in [4.69, 9.17) is 4.74 Å². The van der Waals surface area contributed by atoms with E-state index in [2.05, 4.69) is 5.32 Å². The topological polar surface area (TPSA) is 75.7 Å². The number of hydrogen-bond acceptors (Lipinski definition) is 5. The van der Waals surface area contributed by atoms with Crippen molar-refractivity contribution in [1.82, 2.24) is 0 Å². The molecule has 1 N–H and O–H groups in total. The minimum Gasteiger partial charge on any atom is -0.497 e. The molecule has 0 saturated heterocycles. The van der Waals surface area contributed by atoms with Gasteiger partial charge in [0.15, 0.2) is 0 Å². The molecule has 0 aliphatic rings. The molecule has 31 heavy (non-hydrogen) atoms. The highest BCUT2D eigenvalue weighted by atomic mass is 32.2. The molecule has 1 aromatic heterocycles. The van der Waals surface area contributed by atoms with Gasteiger partial charge in [0.2, 0.25) is 5.91 Å². The van der Waals surface area contributed by atoms with Crippen LogP contribution < -0.4 is 14.4 Å². The summed E-state index contributed by atoms with van der Waals surface area (Å²) in [4.78, 5) is 12.6. The molecule has 1 amide bonds. The van der Waals surface area contributed by atoms with Crippen LogP contribution in [0.2, 0.25) is 0 Å². The number of amides is 1. The van der Waals surface area contributed by atoms with Gasteiger partial charge in [0.25, 0.3) is 10.0 Å². The van der Waals surface area contributed by atoms with E-state index in [0.29, 0.717) is 5.75 Å². The van der Waals surface area contributed by atoms with Crippen LogP contribution in [0.15, 0.2) is 70.3 Å². The molecule has 3 rings (SSSR count). The van der Waals surface area contributed by atoms with Gasteiger partial charge in [0.1, 0.15) is 16.5 Å². The minimum absolute atomic E-state index is 0.0469. The van der Waals surface area contributed by atoms with E-state index in [1.165, 1.54) is 25.3 Å². The molecule has 0 radical (unpaired) electrons. The molecule has 0 spiro atoms. The van der Waals surface area contributed by atoms with Crippen LogP contribution in [-0.2, 0) is 21.0 Å². The van der Waals surface area contributed by atoms with Gasteiger partial charge in [0, 0.05) is 5.69 Å². The maximum Gasteiger partial charge on any atom is 0.416 e. The maximum absolute atomic E-state index is 13.1. The summed E-state index contributed by atoms with van der Waals surface area (Å²) in [6, 6.07) is 13.0. The second-order valence-electron chi connectivity index (χ2n) is 6.27. The van der Waals surface area contributed by atoms with Gasteiger partial charge in [-0.3, -0.25) is 9.10 Å². The van der Waals surface area contributed by atoms with Gasteiger partial charge in [-0.1, -0.05) is 6.07 Å². The van der Waals surface area contributed by atoms with Crippen molar-refractivity contribution in [1.29, 1.82) is 0 Å². The number of thiophene rings is 1. The lowest BCUT2D eigenvalue weighted by atomic mass is 10.2. The quantitative estimate of drug-likeness (QED) is 0.547. The van der Waals surface area contributed by atoms with Crippen LogP contribution >= 0.6 is 11.3 Å². The summed E-state index contributed by atoms with van der Waals surface area (Å²) in [5, 5.41) is 4.03. The van der Waals surface area contributed by atoms with E-state index >= 15 is 0 Å². The first kappa shape index (κ1) is 22.6. The van der Waals surface area contributed by atoms with Crippen molar-refractivity contribution in [2.75, 3.05) is 23.3 Å². The van der Waals surface area contributed by atoms with Crippen LogP contribution in [0, 0.1) is 0 Å². The number of hydrogen-bond donors (Lipinski definition) is 1. The summed E-state index contributed by atoms with van der Waals surface area (Å²) in [6.45, 7) is -0.576. The third-order valence-electron chi connectivity index (χ3n) is 4.18. The number of carbonyl (C=O) groups excluding carboxylic acids is 1. The van der Waals surface area contributed by atoms with Gasteiger partial charge in [-0.2, -0.15) is 13.2 Å². The lowest BCUT2D eigenvalue weighted by molar-refractivity contribution is -0.137. The lowest BCUT2D eigenvalue weighted by Gasteiger charge is -2.23. The summed E-state index contributed by atoms with van der Waals surface area (Å²) >= 11 is 1.00. The van der Waals surface area contributed by atoms with Crippen molar-refractivity contribution in [3.05, 3.63) is 71.6 Å². The molecular weight excluding hydrogens is 453 g/mol. The molecule has 0 fully saturated rings. The van der Waals surface area contributed by atoms with Crippen molar-refractivity contribution < 1.29 is 31.1 Å². The van der Waals surface area contributed by atoms with E-state index in [0.717, 1.165) is 39.9 Å². The van der Waals surface area contributed by atoms with Crippen LogP contribution in [0.1, 0.15) is 5.56 Å². The van der Waals surface area contributed by atoms with Gasteiger partial charge in [-0.05, 0) is 60.0 Å². The van der Waals surface area contributed by atoms with Crippen LogP contribution in [0.3, 0.4) is 0 Å². The average molecular weight is 470 g/mol. The zero-order valence-corrected chi connectivity index (χ0v) is 17.7. The van der Waals surface area contributed by atoms with Crippen molar-refractivity contribution in [2.24, 2.45) is 0 Å². The number of carbonyl (C=O) groups is 1. The molecule has 0 aliphatic heterocycles. The smallest absolute Gasteiger partial charge is 0.416 e. The van der Waals surface area contributed by atoms with Crippen LogP contribution in [-0.4, -0.2) is 28.0 Å². The van der Waals surface area contributed by atoms with E-state index in [1.807, 2.05) is 0 Å². The standard InChI is InChI=1S/C20H17F3N2O4S2/c1-29-17-10-8-16(9-11-17)25(31(27,28)19-3-2-12-30-19)13-18(26)24-15-6-4-14(5-7-15)20(21,22)23/h2-12H,13H2,1H3,(H,24,26). The third kappa shape index (κ3) is 5.36. The predicted octanol–water partition coefficient (Wildman–Crippen LogP) is 4.61. The largest absolute Gasteiger partial charge is 0.497 e. The highest BCUT2D eigenvalue weighted by molar-refractivity contribution is 7.94. The number of nitrogens with zero attached hydrogens (tertiary/aromatic N) is 1. The zero-order valence-electron chi connectivity index (χ0n) is 16.1. The van der Waals surface area contributed by atoms with E-state index in [9.17, 15) is 26.4 Å². The Bertz CT molecular complexity index is 1130. The molecule has 0 unspecified atom stereocenters. The van der Waals surface area contributed by atoms with Gasteiger partial charge in [-0.15, -0.1) is 11.3 Å². The van der Waals surface area contributed by atoms with Gasteiger partial charge in [-0.25, -0.2) is 8.42 Å². The Hall–Kier alpha value is -3.05. The first-order valence-corrected chi connectivity index (χ1v) is 11.1. The Labute approximate surface area is 180 Å². The molecule has 6 nitrogen and oxygen atoms in total. The number of nitrogens with one attached hydrogen (secondary N) is 1. The van der Waals surface area contributed by atoms with Crippen LogP contribution in [0.25, 0.3) is 0 Å². The van der Waals surface area contributed by atoms with E-state index in [-0.39, 0.29) is 15.6 Å². The van der Waals surface area contributed by atoms with Gasteiger partial charge in [0.05, 0.1) is 18.4 Å². The fraction of sp³-hybridized carbons (Fsp3) is 0.150. The highest BCUT2D eigenvalue weighted by Crippen LogP contribution is 2.30. The van der Waals surface area contributed by atoms with Crippen molar-refractivity contribution in [3.63, 3.8) is 0 Å². The second kappa shape index (κ2) is 8.98. The van der Waals surface area contributed by atoms with Crippen molar-refractivity contribution >= 4 is 38.6 Å². The van der Waals surface area contributed by atoms with Gasteiger partial charge < -0.3 is 10.1 Å². The summed E-state index contributed by atoms with van der Waals surface area (Å²) in [6.07, 6.45) is -4.50. The summed E-state index contributed by atoms with van der Waals surface area (Å²) in [5.74, 6) is -0.206. The Morgan fingerprint density at radius 2 is 1.71 bits per heavy atom. The molecule has 3 aromatic rings. The number of halogens is 3. The fourth-order valence-corrected chi connectivity index (χ4v) is 5.18. The highest BCUT2D eigenvalue weighted by Gasteiger charge is 2.30. The van der Waals surface area contributed by atoms with Crippen molar-refractivity contribution in [2.45, 2.75) is 10.4 Å². The van der Waals surface area contributed by atoms with Crippen molar-refractivity contribution in [3.8, 4) is 5.75 Å². The number of alkyl halides is 3.